The van der Waals surface area contributed by atoms with Gasteiger partial charge >= 0.3 is 29.6 Å². The molecule has 1 aliphatic heterocycles. The van der Waals surface area contributed by atoms with Crippen molar-refractivity contribution in [2.45, 2.75) is 0 Å². The van der Waals surface area contributed by atoms with Crippen LogP contribution in [-0.4, -0.2) is 61.3 Å². The Morgan fingerprint density at radius 2 is 0.905 bits per heavy atom. The molecule has 0 aromatic heterocycles. The van der Waals surface area contributed by atoms with Crippen molar-refractivity contribution in [1.29, 1.82) is 0 Å². The molecule has 0 bridgehead atoms. The Bertz CT molecular complexity index is 334. The average Bonchev–Trinajstić information content (AvgIpc) is 2.45. The fraction of sp³-hybridized carbons (Fsp3) is 0.571. The van der Waals surface area contributed by atoms with Crippen molar-refractivity contribution >= 4 is 8.41 Å². The molecular formula is C14H24BNaO5. The third-order valence-electron chi connectivity index (χ3n) is 2.56. The van der Waals surface area contributed by atoms with Crippen LogP contribution in [0.5, 0.6) is 11.5 Å². The van der Waals surface area contributed by atoms with E-state index in [0.717, 1.165) is 11.5 Å². The van der Waals surface area contributed by atoms with E-state index in [-0.39, 0.29) is 38.0 Å². The molecule has 0 saturated heterocycles. The van der Waals surface area contributed by atoms with Crippen molar-refractivity contribution in [2.24, 2.45) is 0 Å². The predicted octanol–water partition coefficient (Wildman–Crippen LogP) is -2.94. The van der Waals surface area contributed by atoms with E-state index in [1.165, 1.54) is 0 Å². The molecule has 0 radical (unpaired) electrons. The van der Waals surface area contributed by atoms with Crippen LogP contribution in [0.15, 0.2) is 24.3 Å². The summed E-state index contributed by atoms with van der Waals surface area (Å²) in [5, 5.41) is 0. The maximum Gasteiger partial charge on any atom is 1.00 e. The van der Waals surface area contributed by atoms with E-state index < -0.39 is 0 Å². The van der Waals surface area contributed by atoms with Gasteiger partial charge in [0.2, 0.25) is 0 Å². The number of para-hydroxylation sites is 2. The summed E-state index contributed by atoms with van der Waals surface area (Å²) in [5.41, 5.74) is 0. The van der Waals surface area contributed by atoms with Gasteiger partial charge in [-0.25, -0.2) is 0 Å². The molecule has 0 fully saturated rings. The SMILES string of the molecule is [BH4-].[Na+].c1ccc2c(c1)OCCOCCOCCOCCO2. The van der Waals surface area contributed by atoms with Crippen LogP contribution in [0.25, 0.3) is 0 Å². The summed E-state index contributed by atoms with van der Waals surface area (Å²) < 4.78 is 27.4. The number of ether oxygens (including phenoxy) is 5. The summed E-state index contributed by atoms with van der Waals surface area (Å²) in [6.45, 7) is 4.37. The van der Waals surface area contributed by atoms with Crippen LogP contribution in [0.2, 0.25) is 0 Å². The molecule has 0 saturated carbocycles. The number of rotatable bonds is 0. The quantitative estimate of drug-likeness (QED) is 0.480. The van der Waals surface area contributed by atoms with Crippen molar-refractivity contribution in [3.8, 4) is 11.5 Å². The molecular weight excluding hydrogens is 282 g/mol. The van der Waals surface area contributed by atoms with Crippen molar-refractivity contribution < 1.29 is 53.2 Å². The minimum absolute atomic E-state index is 0. The molecule has 1 aliphatic rings. The van der Waals surface area contributed by atoms with Crippen LogP contribution in [0.1, 0.15) is 0 Å². The van der Waals surface area contributed by atoms with Crippen LogP contribution >= 0.6 is 0 Å². The average molecular weight is 306 g/mol. The molecule has 2 rings (SSSR count). The first-order valence-corrected chi connectivity index (χ1v) is 6.54. The second kappa shape index (κ2) is 13.4. The van der Waals surface area contributed by atoms with E-state index in [9.17, 15) is 0 Å². The Morgan fingerprint density at radius 1 is 0.571 bits per heavy atom. The van der Waals surface area contributed by atoms with Crippen LogP contribution in [0, 0.1) is 0 Å². The summed E-state index contributed by atoms with van der Waals surface area (Å²) in [7, 11) is 0. The maximum atomic E-state index is 5.63. The van der Waals surface area contributed by atoms with Crippen LogP contribution in [0.3, 0.4) is 0 Å². The first-order valence-electron chi connectivity index (χ1n) is 6.54. The maximum absolute atomic E-state index is 5.63. The zero-order valence-corrected chi connectivity index (χ0v) is 14.0. The summed E-state index contributed by atoms with van der Waals surface area (Å²) in [6, 6.07) is 7.61. The van der Waals surface area contributed by atoms with E-state index in [0.29, 0.717) is 52.9 Å². The Kier molecular flexibility index (Phi) is 13.3. The monoisotopic (exact) mass is 306 g/mol. The normalized spacial score (nSPS) is 17.3. The third-order valence-corrected chi connectivity index (χ3v) is 2.56. The zero-order chi connectivity index (χ0) is 13.2. The van der Waals surface area contributed by atoms with Crippen molar-refractivity contribution in [2.75, 3.05) is 52.9 Å². The van der Waals surface area contributed by atoms with Gasteiger partial charge in [0.25, 0.3) is 0 Å². The third kappa shape index (κ3) is 8.71. The second-order valence-electron chi connectivity index (χ2n) is 3.98. The molecule has 114 valence electrons. The van der Waals surface area contributed by atoms with E-state index in [1.54, 1.807) is 0 Å². The molecule has 0 unspecified atom stereocenters. The van der Waals surface area contributed by atoms with Gasteiger partial charge in [-0.15, -0.1) is 0 Å². The van der Waals surface area contributed by atoms with Gasteiger partial charge in [0, 0.05) is 0 Å². The fourth-order valence-corrected chi connectivity index (χ4v) is 1.65. The van der Waals surface area contributed by atoms with Crippen molar-refractivity contribution in [3.63, 3.8) is 0 Å². The number of hydrogen-bond donors (Lipinski definition) is 0. The molecule has 0 amide bonds. The van der Waals surface area contributed by atoms with Gasteiger partial charge in [-0.3, -0.25) is 0 Å². The van der Waals surface area contributed by atoms with Gasteiger partial charge in [0.15, 0.2) is 11.5 Å². The molecule has 0 spiro atoms. The number of hydrogen-bond acceptors (Lipinski definition) is 5. The molecule has 1 heterocycles. The van der Waals surface area contributed by atoms with Crippen molar-refractivity contribution in [3.05, 3.63) is 24.3 Å². The van der Waals surface area contributed by atoms with Crippen LogP contribution in [0.4, 0.5) is 0 Å². The largest absolute Gasteiger partial charge is 1.00 e. The molecule has 0 N–H and O–H groups in total. The van der Waals surface area contributed by atoms with E-state index in [2.05, 4.69) is 0 Å². The van der Waals surface area contributed by atoms with Gasteiger partial charge in [0.05, 0.1) is 39.6 Å². The van der Waals surface area contributed by atoms with Gasteiger partial charge in [-0.1, -0.05) is 20.5 Å². The summed E-state index contributed by atoms with van der Waals surface area (Å²) in [5.74, 6) is 1.47. The van der Waals surface area contributed by atoms with E-state index in [1.807, 2.05) is 24.3 Å². The smallest absolute Gasteiger partial charge is 0.487 e. The number of benzene rings is 1. The first kappa shape index (κ1) is 20.8. The Labute approximate surface area is 150 Å². The molecule has 0 atom stereocenters. The molecule has 1 aromatic rings. The molecule has 1 aromatic carbocycles. The number of fused-ring (bicyclic) bond motifs is 1. The van der Waals surface area contributed by atoms with E-state index in [4.69, 9.17) is 23.7 Å². The van der Waals surface area contributed by atoms with Gasteiger partial charge in [-0.05, 0) is 12.1 Å². The standard InChI is InChI=1S/C14H20O5.BH4.Na/c1-2-4-14-13(3-1)18-11-9-16-7-5-15-6-8-17-10-12-19-14;;/h1-4H,5-12H2;1H4;/q;-1;+1. The Hall–Kier alpha value is -0.235. The second-order valence-corrected chi connectivity index (χ2v) is 3.98. The summed E-state index contributed by atoms with van der Waals surface area (Å²) in [4.78, 5) is 0. The zero-order valence-electron chi connectivity index (χ0n) is 12.0. The van der Waals surface area contributed by atoms with E-state index >= 15 is 0 Å². The molecule has 7 heteroatoms. The van der Waals surface area contributed by atoms with Gasteiger partial charge in [-0.2, -0.15) is 0 Å². The van der Waals surface area contributed by atoms with Gasteiger partial charge < -0.3 is 23.7 Å². The van der Waals surface area contributed by atoms with Crippen molar-refractivity contribution in [1.82, 2.24) is 0 Å². The minimum atomic E-state index is 0. The molecule has 21 heavy (non-hydrogen) atoms. The molecule has 5 nitrogen and oxygen atoms in total. The van der Waals surface area contributed by atoms with Crippen LogP contribution in [-0.2, 0) is 14.2 Å². The Balaban J connectivity index is 0.00000200. The topological polar surface area (TPSA) is 46.2 Å². The Morgan fingerprint density at radius 3 is 1.29 bits per heavy atom. The minimum Gasteiger partial charge on any atom is -0.487 e. The van der Waals surface area contributed by atoms with Gasteiger partial charge in [0.1, 0.15) is 13.2 Å². The fourth-order valence-electron chi connectivity index (χ4n) is 1.65. The van der Waals surface area contributed by atoms with Crippen LogP contribution < -0.4 is 39.0 Å². The summed E-state index contributed by atoms with van der Waals surface area (Å²) >= 11 is 0. The predicted molar refractivity (Wildman–Crippen MR) is 81.2 cm³/mol. The molecule has 0 aliphatic carbocycles. The first-order chi connectivity index (χ1) is 9.47. The summed E-state index contributed by atoms with van der Waals surface area (Å²) in [6.07, 6.45) is 0.